The molecule has 0 atom stereocenters. The van der Waals surface area contributed by atoms with Gasteiger partial charge >= 0.3 is 0 Å². The lowest BCUT2D eigenvalue weighted by atomic mass is 10.2. The van der Waals surface area contributed by atoms with Gasteiger partial charge < -0.3 is 5.32 Å². The number of benzene rings is 1. The minimum atomic E-state index is -3.74. The van der Waals surface area contributed by atoms with Crippen molar-refractivity contribution < 1.29 is 13.2 Å². The highest BCUT2D eigenvalue weighted by Gasteiger charge is 2.26. The topological polar surface area (TPSA) is 79.4 Å². The van der Waals surface area contributed by atoms with E-state index in [4.69, 9.17) is 0 Å². The molecule has 3 rings (SSSR count). The molecule has 0 saturated carbocycles. The fourth-order valence-electron chi connectivity index (χ4n) is 3.07. The van der Waals surface area contributed by atoms with Crippen molar-refractivity contribution in [3.05, 3.63) is 76.2 Å². The van der Waals surface area contributed by atoms with Gasteiger partial charge in [-0.05, 0) is 60.2 Å². The Labute approximate surface area is 181 Å². The van der Waals surface area contributed by atoms with Gasteiger partial charge in [-0.2, -0.15) is 4.31 Å². The van der Waals surface area contributed by atoms with Gasteiger partial charge in [0.1, 0.15) is 0 Å². The fraction of sp³-hybridized carbons (Fsp3) is 0.273. The Hall–Kier alpha value is -2.55. The molecule has 0 aliphatic rings. The summed E-state index contributed by atoms with van der Waals surface area (Å²) in [4.78, 5) is 17.1. The number of nitrogens with zero attached hydrogens (tertiary/aromatic N) is 2. The SMILES string of the molecule is CCC(=O)Nc1ccc(S(=O)(=O)N(CCc2cccs2)Cc2cccnc2)c(C)c1. The van der Waals surface area contributed by atoms with E-state index in [1.165, 1.54) is 4.31 Å². The largest absolute Gasteiger partial charge is 0.326 e. The van der Waals surface area contributed by atoms with Crippen LogP contribution in [-0.4, -0.2) is 30.2 Å². The van der Waals surface area contributed by atoms with Gasteiger partial charge in [0.25, 0.3) is 0 Å². The van der Waals surface area contributed by atoms with Crippen LogP contribution in [0, 0.1) is 6.92 Å². The third-order valence-electron chi connectivity index (χ3n) is 4.67. The maximum Gasteiger partial charge on any atom is 0.243 e. The maximum atomic E-state index is 13.5. The lowest BCUT2D eigenvalue weighted by Gasteiger charge is -2.23. The first-order valence-corrected chi connectivity index (χ1v) is 12.0. The molecule has 0 spiro atoms. The summed E-state index contributed by atoms with van der Waals surface area (Å²) < 4.78 is 28.6. The first kappa shape index (κ1) is 22.1. The highest BCUT2D eigenvalue weighted by atomic mass is 32.2. The highest BCUT2D eigenvalue weighted by molar-refractivity contribution is 7.89. The molecule has 3 aromatic rings. The number of hydrogen-bond acceptors (Lipinski definition) is 5. The summed E-state index contributed by atoms with van der Waals surface area (Å²) in [6.45, 7) is 4.13. The number of aryl methyl sites for hydroxylation is 1. The number of sulfonamides is 1. The average Bonchev–Trinajstić information content (AvgIpc) is 3.25. The molecule has 0 saturated heterocycles. The number of nitrogens with one attached hydrogen (secondary N) is 1. The maximum absolute atomic E-state index is 13.5. The van der Waals surface area contributed by atoms with Gasteiger partial charge in [0.2, 0.25) is 15.9 Å². The molecule has 158 valence electrons. The smallest absolute Gasteiger partial charge is 0.243 e. The summed E-state index contributed by atoms with van der Waals surface area (Å²) in [5.41, 5.74) is 2.02. The van der Waals surface area contributed by atoms with E-state index in [0.29, 0.717) is 30.6 Å². The fourth-order valence-corrected chi connectivity index (χ4v) is 5.41. The number of carbonyl (C=O) groups is 1. The van der Waals surface area contributed by atoms with E-state index >= 15 is 0 Å². The number of anilines is 1. The third kappa shape index (κ3) is 5.53. The van der Waals surface area contributed by atoms with E-state index in [1.807, 2.05) is 23.6 Å². The zero-order valence-electron chi connectivity index (χ0n) is 17.0. The molecule has 0 aliphatic carbocycles. The summed E-state index contributed by atoms with van der Waals surface area (Å²) >= 11 is 1.62. The monoisotopic (exact) mass is 443 g/mol. The number of pyridine rings is 1. The Kier molecular flexibility index (Phi) is 7.36. The number of amides is 1. The summed E-state index contributed by atoms with van der Waals surface area (Å²) in [7, 11) is -3.74. The predicted octanol–water partition coefficient (Wildman–Crippen LogP) is 4.23. The second-order valence-corrected chi connectivity index (χ2v) is 9.85. The number of rotatable bonds is 9. The van der Waals surface area contributed by atoms with Crippen molar-refractivity contribution in [2.45, 2.75) is 38.1 Å². The quantitative estimate of drug-likeness (QED) is 0.537. The molecule has 0 aliphatic heterocycles. The Morgan fingerprint density at radius 2 is 2.03 bits per heavy atom. The van der Waals surface area contributed by atoms with Gasteiger partial charge in [-0.3, -0.25) is 9.78 Å². The molecule has 6 nitrogen and oxygen atoms in total. The molecule has 30 heavy (non-hydrogen) atoms. The molecule has 1 aromatic carbocycles. The van der Waals surface area contributed by atoms with Gasteiger partial charge in [0.05, 0.1) is 4.90 Å². The molecule has 0 unspecified atom stereocenters. The van der Waals surface area contributed by atoms with Gasteiger partial charge in [-0.1, -0.05) is 19.1 Å². The number of carbonyl (C=O) groups excluding carboxylic acids is 1. The third-order valence-corrected chi connectivity index (χ3v) is 7.61. The summed E-state index contributed by atoms with van der Waals surface area (Å²) in [5.74, 6) is -0.112. The number of hydrogen-bond donors (Lipinski definition) is 1. The molecular weight excluding hydrogens is 418 g/mol. The van der Waals surface area contributed by atoms with Crippen molar-refractivity contribution in [2.75, 3.05) is 11.9 Å². The molecule has 2 heterocycles. The molecule has 0 radical (unpaired) electrons. The van der Waals surface area contributed by atoms with Crippen LogP contribution in [0.15, 0.2) is 65.1 Å². The number of aromatic nitrogens is 1. The van der Waals surface area contributed by atoms with Crippen LogP contribution < -0.4 is 5.32 Å². The van der Waals surface area contributed by atoms with Crippen LogP contribution in [0.2, 0.25) is 0 Å². The van der Waals surface area contributed by atoms with Crippen LogP contribution in [0.3, 0.4) is 0 Å². The van der Waals surface area contributed by atoms with Crippen LogP contribution in [0.1, 0.15) is 29.3 Å². The molecular formula is C22H25N3O3S2. The summed E-state index contributed by atoms with van der Waals surface area (Å²) in [6, 6.07) is 12.5. The van der Waals surface area contributed by atoms with Crippen LogP contribution in [0.5, 0.6) is 0 Å². The van der Waals surface area contributed by atoms with Crippen molar-refractivity contribution in [3.63, 3.8) is 0 Å². The molecule has 0 fully saturated rings. The van der Waals surface area contributed by atoms with Crippen molar-refractivity contribution in [1.29, 1.82) is 0 Å². The first-order valence-electron chi connectivity index (χ1n) is 9.72. The van der Waals surface area contributed by atoms with E-state index in [9.17, 15) is 13.2 Å². The van der Waals surface area contributed by atoms with E-state index in [2.05, 4.69) is 10.3 Å². The molecule has 2 aromatic heterocycles. The zero-order chi connectivity index (χ0) is 21.6. The Balaban J connectivity index is 1.89. The van der Waals surface area contributed by atoms with Crippen LogP contribution in [0.25, 0.3) is 0 Å². The summed E-state index contributed by atoms with van der Waals surface area (Å²) in [6.07, 6.45) is 4.35. The number of thiophene rings is 1. The Morgan fingerprint density at radius 3 is 2.67 bits per heavy atom. The van der Waals surface area contributed by atoms with Crippen molar-refractivity contribution in [2.24, 2.45) is 0 Å². The average molecular weight is 444 g/mol. The van der Waals surface area contributed by atoms with Crippen LogP contribution >= 0.6 is 11.3 Å². The van der Waals surface area contributed by atoms with Crippen molar-refractivity contribution in [1.82, 2.24) is 9.29 Å². The van der Waals surface area contributed by atoms with Crippen LogP contribution in [-0.2, 0) is 27.8 Å². The molecule has 8 heteroatoms. The van der Waals surface area contributed by atoms with Gasteiger partial charge in [0, 0.05) is 42.5 Å². The highest BCUT2D eigenvalue weighted by Crippen LogP contribution is 2.25. The van der Waals surface area contributed by atoms with Crippen molar-refractivity contribution in [3.8, 4) is 0 Å². The normalized spacial score (nSPS) is 11.6. The molecule has 0 bridgehead atoms. The Bertz CT molecular complexity index is 1080. The molecule has 1 N–H and O–H groups in total. The minimum Gasteiger partial charge on any atom is -0.326 e. The first-order chi connectivity index (χ1) is 14.4. The summed E-state index contributed by atoms with van der Waals surface area (Å²) in [5, 5.41) is 4.76. The minimum absolute atomic E-state index is 0.112. The molecule has 1 amide bonds. The second kappa shape index (κ2) is 9.97. The zero-order valence-corrected chi connectivity index (χ0v) is 18.7. The van der Waals surface area contributed by atoms with E-state index in [0.717, 1.165) is 10.4 Å². The van der Waals surface area contributed by atoms with Crippen molar-refractivity contribution >= 4 is 33.0 Å². The lowest BCUT2D eigenvalue weighted by Crippen LogP contribution is -2.33. The van der Waals surface area contributed by atoms with Crippen LogP contribution in [0.4, 0.5) is 5.69 Å². The van der Waals surface area contributed by atoms with E-state index in [-0.39, 0.29) is 17.3 Å². The standard InChI is InChI=1S/C22H25N3O3S2/c1-3-22(26)24-19-8-9-21(17(2)14-19)30(27,28)25(12-10-20-7-5-13-29-20)16-18-6-4-11-23-15-18/h4-9,11,13-15H,3,10,12,16H2,1-2H3,(H,24,26). The second-order valence-electron chi connectivity index (χ2n) is 6.91. The Morgan fingerprint density at radius 1 is 1.20 bits per heavy atom. The van der Waals surface area contributed by atoms with E-state index < -0.39 is 10.0 Å². The lowest BCUT2D eigenvalue weighted by molar-refractivity contribution is -0.115. The van der Waals surface area contributed by atoms with E-state index in [1.54, 1.807) is 61.8 Å². The van der Waals surface area contributed by atoms with Gasteiger partial charge in [0.15, 0.2) is 0 Å². The predicted molar refractivity (Wildman–Crippen MR) is 120 cm³/mol. The van der Waals surface area contributed by atoms with Gasteiger partial charge in [-0.15, -0.1) is 11.3 Å². The van der Waals surface area contributed by atoms with Gasteiger partial charge in [-0.25, -0.2) is 8.42 Å².